The summed E-state index contributed by atoms with van der Waals surface area (Å²) in [5.41, 5.74) is 0. The van der Waals surface area contributed by atoms with Gasteiger partial charge in [0.15, 0.2) is 44.0 Å². The fraction of sp³-hybridized carbons (Fsp3) is 1.00. The van der Waals surface area contributed by atoms with E-state index in [1.807, 2.05) is 0 Å². The Balaban J connectivity index is 1.08. The van der Waals surface area contributed by atoms with E-state index in [1.165, 1.54) is 0 Å². The van der Waals surface area contributed by atoms with Crippen LogP contribution >= 0.6 is 0 Å². The smallest absolute Gasteiger partial charge is 0.187 e. The second-order valence-corrected chi connectivity index (χ2v) is 19.7. The van der Waals surface area contributed by atoms with Crippen LogP contribution in [0.5, 0.6) is 0 Å². The first kappa shape index (κ1) is 61.7. The molecule has 0 aromatic heterocycles. The summed E-state index contributed by atoms with van der Waals surface area (Å²) in [6.45, 7) is -7.33. The molecule has 21 rings (SSSR count). The van der Waals surface area contributed by atoms with E-state index in [1.54, 1.807) is 0 Å². The number of rotatable bonds is 7. The molecule has 77 heavy (non-hydrogen) atoms. The maximum Gasteiger partial charge on any atom is 0.187 e. The highest BCUT2D eigenvalue weighted by atomic mass is 16.8. The van der Waals surface area contributed by atoms with Gasteiger partial charge in [0.1, 0.15) is 171 Å². The molecule has 21 aliphatic rings. The maximum absolute atomic E-state index is 11.3. The summed E-state index contributed by atoms with van der Waals surface area (Å²) in [6, 6.07) is 0. The molecule has 0 aromatic carbocycles. The van der Waals surface area contributed by atoms with Crippen molar-refractivity contribution in [3.63, 3.8) is 0 Å². The third-order valence-corrected chi connectivity index (χ3v) is 14.8. The summed E-state index contributed by atoms with van der Waals surface area (Å²) < 4.78 is 79.5. The first-order chi connectivity index (χ1) is 36.7. The summed E-state index contributed by atoms with van der Waals surface area (Å²) in [4.78, 5) is 0. The van der Waals surface area contributed by atoms with Crippen LogP contribution in [0.4, 0.5) is 0 Å². The summed E-state index contributed by atoms with van der Waals surface area (Å²) in [5, 5.41) is 230. The van der Waals surface area contributed by atoms with E-state index in [9.17, 15) is 107 Å². The van der Waals surface area contributed by atoms with E-state index < -0.39 is 261 Å². The zero-order valence-electron chi connectivity index (χ0n) is 40.3. The Kier molecular flexibility index (Phi) is 20.8. The predicted octanol–water partition coefficient (Wildman–Crippen LogP) is -15.2. The fourth-order valence-electron chi connectivity index (χ4n) is 10.4. The van der Waals surface area contributed by atoms with Gasteiger partial charge in [-0.2, -0.15) is 0 Å². The van der Waals surface area contributed by atoms with E-state index in [4.69, 9.17) is 66.3 Å². The Morgan fingerprint density at radius 1 is 0.156 bits per heavy atom. The largest absolute Gasteiger partial charge is 0.394 e. The van der Waals surface area contributed by atoms with Crippen LogP contribution in [-0.4, -0.2) is 368 Å². The van der Waals surface area contributed by atoms with E-state index in [0.29, 0.717) is 0 Å². The number of hydrogen-bond donors (Lipinski definition) is 21. The van der Waals surface area contributed by atoms with Crippen LogP contribution in [0.2, 0.25) is 0 Å². The van der Waals surface area contributed by atoms with E-state index >= 15 is 0 Å². The summed E-state index contributed by atoms with van der Waals surface area (Å²) in [7, 11) is 0. The van der Waals surface area contributed by atoms with Crippen LogP contribution in [0.1, 0.15) is 0 Å². The fourth-order valence-corrected chi connectivity index (χ4v) is 10.4. The van der Waals surface area contributed by atoms with Gasteiger partial charge in [-0.3, -0.25) is 0 Å². The van der Waals surface area contributed by atoms with E-state index in [2.05, 4.69) is 0 Å². The van der Waals surface area contributed by atoms with Gasteiger partial charge < -0.3 is 174 Å². The molecule has 35 nitrogen and oxygen atoms in total. The normalized spacial score (nSPS) is 55.4. The van der Waals surface area contributed by atoms with Crippen LogP contribution < -0.4 is 0 Å². The van der Waals surface area contributed by atoms with Gasteiger partial charge in [-0.1, -0.05) is 0 Å². The zero-order chi connectivity index (χ0) is 56.1. The average molecular weight is 1130 g/mol. The molecule has 21 fully saturated rings. The van der Waals surface area contributed by atoms with Crippen LogP contribution in [0.25, 0.3) is 0 Å². The number of aliphatic hydroxyl groups is 21. The molecule has 0 aromatic rings. The minimum atomic E-state index is -2.21. The van der Waals surface area contributed by atoms with Gasteiger partial charge in [0, 0.05) is 0 Å². The van der Waals surface area contributed by atoms with Gasteiger partial charge in [0.2, 0.25) is 0 Å². The number of ether oxygens (including phenoxy) is 14. The van der Waals surface area contributed by atoms with Crippen molar-refractivity contribution in [1.82, 2.24) is 0 Å². The SMILES string of the molecule is OC[C@H]1O[C@H]2O[C@H]3[C@H](O)[C@@H](O)[C@H](O[C@H]4[C@H](O)[C@@H](O)[C@H](O[C@H]5[C@H](O)[C@@H](O)[C@H](O[C@H]6[C@H](O)[C@@H](O)[C@H](O[C@H]7[C@H](O)[C@@H](O)[C@H](O[C@H]8[C@H](O)[C@@H](O)[C@H](O[C@H]1[C@H](O)[C@H]2O)O[C@@H]8CO)O[C@@H]7CO)O[C@@H]6CO)O[C@@H]5CO)O[C@@H]4CO)O[C@@H]3CO. The highest BCUT2D eigenvalue weighted by Crippen LogP contribution is 2.39. The molecule has 21 N–H and O–H groups in total. The van der Waals surface area contributed by atoms with Crippen molar-refractivity contribution in [3.05, 3.63) is 0 Å². The minimum Gasteiger partial charge on any atom is -0.394 e. The molecule has 35 heteroatoms. The molecule has 0 spiro atoms. The van der Waals surface area contributed by atoms with Gasteiger partial charge in [-0.05, 0) is 0 Å². The number of hydrogen-bond acceptors (Lipinski definition) is 35. The lowest BCUT2D eigenvalue weighted by Crippen LogP contribution is -2.68. The average Bonchev–Trinajstić information content (AvgIpc) is 3.45. The van der Waals surface area contributed by atoms with Crippen molar-refractivity contribution >= 4 is 0 Å². The van der Waals surface area contributed by atoms with Gasteiger partial charge in [-0.25, -0.2) is 0 Å². The molecule has 21 aliphatic heterocycles. The quantitative estimate of drug-likeness (QED) is 0.113. The van der Waals surface area contributed by atoms with Crippen molar-refractivity contribution in [2.24, 2.45) is 0 Å². The summed E-state index contributed by atoms with van der Waals surface area (Å²) >= 11 is 0. The van der Waals surface area contributed by atoms with Crippen molar-refractivity contribution in [1.29, 1.82) is 0 Å². The molecule has 35 atom stereocenters. The van der Waals surface area contributed by atoms with Crippen molar-refractivity contribution in [2.75, 3.05) is 46.2 Å². The molecule has 0 amide bonds. The van der Waals surface area contributed by atoms with Gasteiger partial charge in [0.25, 0.3) is 0 Å². The second kappa shape index (κ2) is 26.0. The van der Waals surface area contributed by atoms with Gasteiger partial charge >= 0.3 is 0 Å². The molecule has 0 saturated carbocycles. The lowest BCUT2D eigenvalue weighted by atomic mass is 9.95. The van der Waals surface area contributed by atoms with Gasteiger partial charge in [0.05, 0.1) is 46.2 Å². The number of aliphatic hydroxyl groups excluding tert-OH is 21. The van der Waals surface area contributed by atoms with Crippen LogP contribution in [0.15, 0.2) is 0 Å². The molecule has 14 bridgehead atoms. The van der Waals surface area contributed by atoms with Crippen LogP contribution in [-0.2, 0) is 66.3 Å². The Morgan fingerprint density at radius 3 is 0.351 bits per heavy atom. The molecular weight excluding hydrogens is 1060 g/mol. The summed E-state index contributed by atoms with van der Waals surface area (Å²) in [6.07, 6.45) is -70.2. The van der Waals surface area contributed by atoms with Crippen LogP contribution in [0.3, 0.4) is 0 Å². The third kappa shape index (κ3) is 12.1. The third-order valence-electron chi connectivity index (χ3n) is 14.8. The Labute approximate surface area is 434 Å². The lowest BCUT2D eigenvalue weighted by molar-refractivity contribution is -0.396. The molecule has 0 unspecified atom stereocenters. The maximum atomic E-state index is 11.3. The summed E-state index contributed by atoms with van der Waals surface area (Å²) in [5.74, 6) is 0. The highest BCUT2D eigenvalue weighted by molar-refractivity contribution is 5.01. The molecule has 0 radical (unpaired) electrons. The van der Waals surface area contributed by atoms with E-state index in [0.717, 1.165) is 0 Å². The molecule has 21 heterocycles. The Morgan fingerprint density at radius 2 is 0.260 bits per heavy atom. The van der Waals surface area contributed by atoms with E-state index in [-0.39, 0.29) is 0 Å². The van der Waals surface area contributed by atoms with Crippen LogP contribution in [0, 0.1) is 0 Å². The molecule has 21 saturated heterocycles. The molecular formula is C42H70O35. The predicted molar refractivity (Wildman–Crippen MR) is 228 cm³/mol. The molecule has 448 valence electrons. The van der Waals surface area contributed by atoms with Crippen molar-refractivity contribution in [2.45, 2.75) is 215 Å². The Bertz CT molecular complexity index is 1470. The van der Waals surface area contributed by atoms with Crippen molar-refractivity contribution < 1.29 is 174 Å². The minimum absolute atomic E-state index is 1.05. The van der Waals surface area contributed by atoms with Crippen molar-refractivity contribution in [3.8, 4) is 0 Å². The Hall–Kier alpha value is -1.40. The highest BCUT2D eigenvalue weighted by Gasteiger charge is 2.59. The second-order valence-electron chi connectivity index (χ2n) is 19.7. The monoisotopic (exact) mass is 1130 g/mol. The standard InChI is InChI=1S/C42H70O35/c43-1-8-29-15(50)22(57)36(64-8)72-30-9(2-44)66-38(24(59)17(30)52)74-32-11(4-46)68-40(26(61)19(32)54)76-34-13(6-48)70-42(28(63)21(34)56)77-35-14(7-49)69-41(27(62)20(35)55)75-33-12(5-47)67-39(25(60)18(33)53)73-31-10(3-45)65-37(71-29)23(58)16(31)51/h8-63H,1-7H2/t8-,9-,10-,11-,12-,13-,14-,15-,16-,17-,18-,19-,20-,21-,22-,23-,24-,25-,26-,27-,28-,29-,30-,31-,32-,33-,34-,35-,36+,37+,38+,39+,40+,41+,42+/m1/s1. The zero-order valence-corrected chi connectivity index (χ0v) is 40.3. The lowest BCUT2D eigenvalue weighted by Gasteiger charge is -2.50. The topological polar surface area (TPSA) is 554 Å². The first-order valence-electron chi connectivity index (χ1n) is 24.6. The first-order valence-corrected chi connectivity index (χ1v) is 24.6. The molecule has 0 aliphatic carbocycles. The van der Waals surface area contributed by atoms with Gasteiger partial charge in [-0.15, -0.1) is 0 Å².